The molecular formula is C6H10Cl2N4S. The molecule has 0 aromatic carbocycles. The molecule has 13 heavy (non-hydrogen) atoms. The van der Waals surface area contributed by atoms with Gasteiger partial charge in [-0.05, 0) is 0 Å². The second-order valence-electron chi connectivity index (χ2n) is 2.35. The van der Waals surface area contributed by atoms with Crippen molar-refractivity contribution < 1.29 is 0 Å². The topological polar surface area (TPSA) is 49.8 Å². The van der Waals surface area contributed by atoms with E-state index in [1.165, 1.54) is 0 Å². The van der Waals surface area contributed by atoms with Crippen LogP contribution in [0, 0.1) is 0 Å². The molecule has 0 radical (unpaired) electrons. The molecular weight excluding hydrogens is 231 g/mol. The van der Waals surface area contributed by atoms with Crippen LogP contribution < -0.4 is 10.6 Å². The number of rotatable bonds is 0. The molecule has 1 aromatic heterocycles. The molecule has 0 amide bonds. The van der Waals surface area contributed by atoms with E-state index in [9.17, 15) is 0 Å². The van der Waals surface area contributed by atoms with Gasteiger partial charge in [0, 0.05) is 26.2 Å². The number of aromatic nitrogens is 2. The maximum Gasteiger partial charge on any atom is 0.181 e. The van der Waals surface area contributed by atoms with Crippen molar-refractivity contribution in [3.05, 3.63) is 10.3 Å². The Morgan fingerprint density at radius 1 is 0.923 bits per heavy atom. The molecule has 1 aliphatic rings. The predicted molar refractivity (Wildman–Crippen MR) is 55.7 cm³/mol. The second kappa shape index (κ2) is 6.50. The predicted octanol–water partition coefficient (Wildman–Crippen LogP) is 1.02. The van der Waals surface area contributed by atoms with Crippen molar-refractivity contribution in [3.8, 4) is 0 Å². The molecule has 7 heteroatoms. The van der Waals surface area contributed by atoms with Crippen LogP contribution in [0.2, 0.25) is 10.3 Å². The Balaban J connectivity index is 0.000000132. The fraction of sp³-hybridized carbons (Fsp3) is 0.667. The number of hydrogen-bond acceptors (Lipinski definition) is 5. The number of piperazine rings is 1. The highest BCUT2D eigenvalue weighted by atomic mass is 35.5. The Morgan fingerprint density at radius 2 is 1.31 bits per heavy atom. The first kappa shape index (κ1) is 11.1. The van der Waals surface area contributed by atoms with Crippen LogP contribution >= 0.6 is 34.9 Å². The largest absolute Gasteiger partial charge is 0.314 e. The zero-order chi connectivity index (χ0) is 9.52. The summed E-state index contributed by atoms with van der Waals surface area (Å²) in [4.78, 5) is 0. The lowest BCUT2D eigenvalue weighted by molar-refractivity contribution is 0.534. The van der Waals surface area contributed by atoms with Crippen LogP contribution in [0.5, 0.6) is 0 Å². The molecule has 0 spiro atoms. The average molecular weight is 241 g/mol. The van der Waals surface area contributed by atoms with Crippen LogP contribution in [0.25, 0.3) is 0 Å². The molecule has 1 fully saturated rings. The van der Waals surface area contributed by atoms with E-state index in [0.717, 1.165) is 37.9 Å². The van der Waals surface area contributed by atoms with Gasteiger partial charge in [-0.3, -0.25) is 0 Å². The van der Waals surface area contributed by atoms with Crippen molar-refractivity contribution in [1.29, 1.82) is 0 Å². The fourth-order valence-electron chi connectivity index (χ4n) is 0.771. The minimum atomic E-state index is 0.284. The van der Waals surface area contributed by atoms with Gasteiger partial charge < -0.3 is 10.6 Å². The lowest BCUT2D eigenvalue weighted by Gasteiger charge is -2.11. The minimum absolute atomic E-state index is 0.284. The van der Waals surface area contributed by atoms with Gasteiger partial charge in [0.2, 0.25) is 0 Å². The van der Waals surface area contributed by atoms with Crippen LogP contribution in [0.4, 0.5) is 0 Å². The summed E-state index contributed by atoms with van der Waals surface area (Å²) in [5.74, 6) is 0. The molecule has 0 unspecified atom stereocenters. The second-order valence-corrected chi connectivity index (χ2v) is 3.59. The van der Waals surface area contributed by atoms with Gasteiger partial charge in [0.05, 0.1) is 11.7 Å². The van der Waals surface area contributed by atoms with Gasteiger partial charge in [-0.2, -0.15) is 8.75 Å². The fourth-order valence-corrected chi connectivity index (χ4v) is 1.50. The van der Waals surface area contributed by atoms with Crippen molar-refractivity contribution in [3.63, 3.8) is 0 Å². The molecule has 2 rings (SSSR count). The Morgan fingerprint density at radius 3 is 1.46 bits per heavy atom. The van der Waals surface area contributed by atoms with Crippen LogP contribution in [-0.2, 0) is 0 Å². The van der Waals surface area contributed by atoms with Gasteiger partial charge in [0.25, 0.3) is 0 Å². The highest BCUT2D eigenvalue weighted by Gasteiger charge is 1.97. The molecule has 0 saturated carbocycles. The van der Waals surface area contributed by atoms with Gasteiger partial charge >= 0.3 is 0 Å². The first-order valence-corrected chi connectivity index (χ1v) is 5.34. The van der Waals surface area contributed by atoms with E-state index < -0.39 is 0 Å². The number of halogens is 2. The molecule has 0 bridgehead atoms. The van der Waals surface area contributed by atoms with Gasteiger partial charge in [-0.1, -0.05) is 23.2 Å². The van der Waals surface area contributed by atoms with Crippen molar-refractivity contribution in [2.24, 2.45) is 0 Å². The van der Waals surface area contributed by atoms with E-state index in [4.69, 9.17) is 23.2 Å². The third-order valence-electron chi connectivity index (χ3n) is 1.37. The first-order valence-electron chi connectivity index (χ1n) is 3.85. The molecule has 1 saturated heterocycles. The van der Waals surface area contributed by atoms with E-state index in [0.29, 0.717) is 0 Å². The Labute approximate surface area is 91.0 Å². The molecule has 4 nitrogen and oxygen atoms in total. The van der Waals surface area contributed by atoms with E-state index in [1.54, 1.807) is 0 Å². The number of nitrogens with zero attached hydrogens (tertiary/aromatic N) is 2. The van der Waals surface area contributed by atoms with Gasteiger partial charge in [0.1, 0.15) is 0 Å². The quantitative estimate of drug-likeness (QED) is 0.712. The van der Waals surface area contributed by atoms with E-state index in [1.807, 2.05) is 0 Å². The summed E-state index contributed by atoms with van der Waals surface area (Å²) >= 11 is 11.7. The van der Waals surface area contributed by atoms with Gasteiger partial charge in [0.15, 0.2) is 10.3 Å². The first-order chi connectivity index (χ1) is 6.30. The summed E-state index contributed by atoms with van der Waals surface area (Å²) in [7, 11) is 0. The zero-order valence-corrected chi connectivity index (χ0v) is 9.22. The minimum Gasteiger partial charge on any atom is -0.314 e. The summed E-state index contributed by atoms with van der Waals surface area (Å²) in [6.07, 6.45) is 0. The summed E-state index contributed by atoms with van der Waals surface area (Å²) in [5, 5.41) is 7.01. The number of nitrogens with one attached hydrogen (secondary N) is 2. The average Bonchev–Trinajstić information content (AvgIpc) is 2.55. The van der Waals surface area contributed by atoms with Gasteiger partial charge in [-0.25, -0.2) is 0 Å². The molecule has 0 aliphatic carbocycles. The summed E-state index contributed by atoms with van der Waals surface area (Å²) in [6, 6.07) is 0. The van der Waals surface area contributed by atoms with E-state index >= 15 is 0 Å². The van der Waals surface area contributed by atoms with Crippen molar-refractivity contribution in [2.75, 3.05) is 26.2 Å². The molecule has 1 aromatic rings. The van der Waals surface area contributed by atoms with Crippen LogP contribution in [0.15, 0.2) is 0 Å². The molecule has 0 atom stereocenters. The van der Waals surface area contributed by atoms with E-state index in [-0.39, 0.29) is 10.3 Å². The molecule has 74 valence electrons. The van der Waals surface area contributed by atoms with Crippen LogP contribution in [0.1, 0.15) is 0 Å². The van der Waals surface area contributed by atoms with Crippen molar-refractivity contribution in [2.45, 2.75) is 0 Å². The normalized spacial score (nSPS) is 16.2. The Kier molecular flexibility index (Phi) is 5.57. The summed E-state index contributed by atoms with van der Waals surface area (Å²) in [5.41, 5.74) is 0. The third-order valence-corrected chi connectivity index (χ3v) is 2.72. The molecule has 2 N–H and O–H groups in total. The smallest absolute Gasteiger partial charge is 0.181 e. The standard InChI is InChI=1S/C4H10N2.C2Cl2N2S/c1-2-6-4-3-5-1;3-1-2(4)6-7-5-1/h5-6H,1-4H2;. The molecule has 1 aliphatic heterocycles. The third kappa shape index (κ3) is 4.73. The summed E-state index contributed by atoms with van der Waals surface area (Å²) in [6.45, 7) is 4.56. The number of hydrogen-bond donors (Lipinski definition) is 2. The zero-order valence-electron chi connectivity index (χ0n) is 6.89. The van der Waals surface area contributed by atoms with Gasteiger partial charge in [-0.15, -0.1) is 0 Å². The Hall–Kier alpha value is 0.0600. The SMILES string of the molecule is C1CNCCN1.Clc1nsnc1Cl. The van der Waals surface area contributed by atoms with Crippen molar-refractivity contribution in [1.82, 2.24) is 19.4 Å². The maximum absolute atomic E-state index is 5.33. The van der Waals surface area contributed by atoms with Crippen LogP contribution in [-0.4, -0.2) is 34.9 Å². The highest BCUT2D eigenvalue weighted by Crippen LogP contribution is 2.16. The highest BCUT2D eigenvalue weighted by molar-refractivity contribution is 6.99. The van der Waals surface area contributed by atoms with Crippen molar-refractivity contribution >= 4 is 34.9 Å². The lowest BCUT2D eigenvalue weighted by Crippen LogP contribution is -2.39. The Bertz CT molecular complexity index is 210. The summed E-state index contributed by atoms with van der Waals surface area (Å²) < 4.78 is 7.16. The maximum atomic E-state index is 5.33. The van der Waals surface area contributed by atoms with Crippen LogP contribution in [0.3, 0.4) is 0 Å². The molecule has 2 heterocycles. The lowest BCUT2D eigenvalue weighted by atomic mass is 10.4. The monoisotopic (exact) mass is 240 g/mol. The van der Waals surface area contributed by atoms with E-state index in [2.05, 4.69) is 19.4 Å².